The number of hydrogen-bond acceptors (Lipinski definition) is 3. The van der Waals surface area contributed by atoms with Crippen LogP contribution in [0.25, 0.3) is 0 Å². The molecule has 0 aliphatic carbocycles. The molecule has 1 unspecified atom stereocenters. The van der Waals surface area contributed by atoms with Crippen LogP contribution in [0.15, 0.2) is 24.3 Å². The van der Waals surface area contributed by atoms with Crippen molar-refractivity contribution in [3.63, 3.8) is 0 Å². The summed E-state index contributed by atoms with van der Waals surface area (Å²) in [5.74, 6) is 0.499. The van der Waals surface area contributed by atoms with Gasteiger partial charge in [0.1, 0.15) is 0 Å². The van der Waals surface area contributed by atoms with E-state index in [1.54, 1.807) is 25.0 Å². The predicted molar refractivity (Wildman–Crippen MR) is 98.3 cm³/mol. The molecule has 152 valence electrons. The zero-order chi connectivity index (χ0) is 19.9. The summed E-state index contributed by atoms with van der Waals surface area (Å²) in [6.07, 6.45) is -1.04. The first-order chi connectivity index (χ1) is 12.8. The molecule has 4 nitrogen and oxygen atoms in total. The molecule has 27 heavy (non-hydrogen) atoms. The maximum atomic E-state index is 13.0. The van der Waals surface area contributed by atoms with E-state index in [1.165, 1.54) is 6.07 Å². The van der Waals surface area contributed by atoms with E-state index in [9.17, 15) is 18.0 Å². The number of alkyl halides is 3. The van der Waals surface area contributed by atoms with Gasteiger partial charge in [-0.05, 0) is 62.9 Å². The molecule has 1 aliphatic rings. The molecular formula is C20H29F3N2O2. The van der Waals surface area contributed by atoms with Gasteiger partial charge in [-0.15, -0.1) is 0 Å². The van der Waals surface area contributed by atoms with Crippen molar-refractivity contribution in [2.45, 2.75) is 44.8 Å². The summed E-state index contributed by atoms with van der Waals surface area (Å²) < 4.78 is 44.1. The number of carbonyl (C=O) groups is 1. The van der Waals surface area contributed by atoms with Gasteiger partial charge in [-0.2, -0.15) is 13.2 Å². The minimum absolute atomic E-state index is 0.0319. The second-order valence-corrected chi connectivity index (χ2v) is 7.11. The third-order valence-electron chi connectivity index (χ3n) is 5.25. The zero-order valence-electron chi connectivity index (χ0n) is 16.0. The van der Waals surface area contributed by atoms with Crippen molar-refractivity contribution >= 4 is 5.91 Å². The lowest BCUT2D eigenvalue weighted by atomic mass is 9.92. The largest absolute Gasteiger partial charge is 0.416 e. The van der Waals surface area contributed by atoms with Gasteiger partial charge in [0.15, 0.2) is 0 Å². The molecule has 7 heteroatoms. The number of rotatable bonds is 8. The van der Waals surface area contributed by atoms with Crippen molar-refractivity contribution in [2.75, 3.05) is 33.4 Å². The summed E-state index contributed by atoms with van der Waals surface area (Å²) in [4.78, 5) is 14.5. The SMILES string of the molecule is COCCN(C(=O)CCC1CCNCC1)C(C)c1cccc(C(F)(F)F)c1. The molecule has 1 saturated heterocycles. The summed E-state index contributed by atoms with van der Waals surface area (Å²) in [6, 6.07) is 4.77. The molecule has 1 N–H and O–H groups in total. The van der Waals surface area contributed by atoms with Crippen LogP contribution in [0.5, 0.6) is 0 Å². The van der Waals surface area contributed by atoms with Gasteiger partial charge in [0.2, 0.25) is 5.91 Å². The summed E-state index contributed by atoms with van der Waals surface area (Å²) in [5, 5.41) is 3.31. The van der Waals surface area contributed by atoms with Gasteiger partial charge in [0.25, 0.3) is 0 Å². The minimum atomic E-state index is -4.40. The molecule has 1 aromatic carbocycles. The monoisotopic (exact) mass is 386 g/mol. The second-order valence-electron chi connectivity index (χ2n) is 7.11. The Morgan fingerprint density at radius 3 is 2.67 bits per heavy atom. The van der Waals surface area contributed by atoms with Crippen molar-refractivity contribution in [2.24, 2.45) is 5.92 Å². The highest BCUT2D eigenvalue weighted by molar-refractivity contribution is 5.76. The molecule has 0 saturated carbocycles. The van der Waals surface area contributed by atoms with Crippen LogP contribution in [-0.2, 0) is 15.7 Å². The molecule has 0 radical (unpaired) electrons. The average molecular weight is 386 g/mol. The Bertz CT molecular complexity index is 601. The third-order valence-corrected chi connectivity index (χ3v) is 5.25. The van der Waals surface area contributed by atoms with E-state index in [-0.39, 0.29) is 5.91 Å². The lowest BCUT2D eigenvalue weighted by molar-refractivity contribution is -0.137. The smallest absolute Gasteiger partial charge is 0.383 e. The van der Waals surface area contributed by atoms with Gasteiger partial charge < -0.3 is 15.0 Å². The summed E-state index contributed by atoms with van der Waals surface area (Å²) >= 11 is 0. The fraction of sp³-hybridized carbons (Fsp3) is 0.650. The Hall–Kier alpha value is -1.60. The lowest BCUT2D eigenvalue weighted by Gasteiger charge is -2.31. The van der Waals surface area contributed by atoms with E-state index in [2.05, 4.69) is 5.32 Å². The van der Waals surface area contributed by atoms with Gasteiger partial charge in [-0.1, -0.05) is 12.1 Å². The Morgan fingerprint density at radius 1 is 1.33 bits per heavy atom. The lowest BCUT2D eigenvalue weighted by Crippen LogP contribution is -2.37. The highest BCUT2D eigenvalue weighted by atomic mass is 19.4. The van der Waals surface area contributed by atoms with Crippen LogP contribution in [0.3, 0.4) is 0 Å². The van der Waals surface area contributed by atoms with Crippen molar-refractivity contribution in [1.82, 2.24) is 10.2 Å². The van der Waals surface area contributed by atoms with Gasteiger partial charge >= 0.3 is 6.18 Å². The predicted octanol–water partition coefficient (Wildman–Crippen LogP) is 4.02. The van der Waals surface area contributed by atoms with Crippen molar-refractivity contribution in [3.8, 4) is 0 Å². The molecule has 0 bridgehead atoms. The fourth-order valence-corrected chi connectivity index (χ4v) is 3.52. The van der Waals surface area contributed by atoms with Crippen LogP contribution < -0.4 is 5.32 Å². The molecular weight excluding hydrogens is 357 g/mol. The summed E-state index contributed by atoms with van der Waals surface area (Å²) in [5.41, 5.74) is -0.211. The van der Waals surface area contributed by atoms with E-state index >= 15 is 0 Å². The Labute approximate surface area is 159 Å². The normalized spacial score (nSPS) is 16.9. The van der Waals surface area contributed by atoms with Crippen LogP contribution in [0.4, 0.5) is 13.2 Å². The first-order valence-electron chi connectivity index (χ1n) is 9.49. The molecule has 1 fully saturated rings. The topological polar surface area (TPSA) is 41.6 Å². The fourth-order valence-electron chi connectivity index (χ4n) is 3.52. The molecule has 0 spiro atoms. The molecule has 1 heterocycles. The highest BCUT2D eigenvalue weighted by Crippen LogP contribution is 2.32. The van der Waals surface area contributed by atoms with E-state index in [4.69, 9.17) is 4.74 Å². The summed E-state index contributed by atoms with van der Waals surface area (Å²) in [6.45, 7) is 4.44. The molecule has 1 aromatic rings. The van der Waals surface area contributed by atoms with E-state index in [0.717, 1.165) is 44.5 Å². The maximum absolute atomic E-state index is 13.0. The number of halogens is 3. The Morgan fingerprint density at radius 2 is 2.04 bits per heavy atom. The molecule has 1 amide bonds. The number of piperidine rings is 1. The average Bonchev–Trinajstić information content (AvgIpc) is 2.66. The Balaban J connectivity index is 2.08. The Kier molecular flexibility index (Phi) is 8.10. The second kappa shape index (κ2) is 10.1. The van der Waals surface area contributed by atoms with Crippen LogP contribution in [-0.4, -0.2) is 44.2 Å². The molecule has 0 aromatic heterocycles. The molecule has 1 aliphatic heterocycles. The van der Waals surface area contributed by atoms with Gasteiger partial charge in [-0.25, -0.2) is 0 Å². The number of nitrogens with zero attached hydrogens (tertiary/aromatic N) is 1. The molecule has 1 atom stereocenters. The highest BCUT2D eigenvalue weighted by Gasteiger charge is 2.31. The number of hydrogen-bond donors (Lipinski definition) is 1. The van der Waals surface area contributed by atoms with Crippen molar-refractivity contribution in [3.05, 3.63) is 35.4 Å². The quantitative estimate of drug-likeness (QED) is 0.734. The van der Waals surface area contributed by atoms with Crippen LogP contribution in [0.2, 0.25) is 0 Å². The standard InChI is InChI=1S/C20H29F3N2O2/c1-15(17-4-3-5-18(14-17)20(21,22)23)25(12-13-27-2)19(26)7-6-16-8-10-24-11-9-16/h3-5,14-16,24H,6-13H2,1-2H3. The van der Waals surface area contributed by atoms with Crippen LogP contribution in [0.1, 0.15) is 49.8 Å². The maximum Gasteiger partial charge on any atom is 0.416 e. The van der Waals surface area contributed by atoms with Crippen LogP contribution >= 0.6 is 0 Å². The minimum Gasteiger partial charge on any atom is -0.383 e. The first kappa shape index (κ1) is 21.7. The van der Waals surface area contributed by atoms with E-state index in [0.29, 0.717) is 31.1 Å². The van der Waals surface area contributed by atoms with E-state index < -0.39 is 17.8 Å². The number of amides is 1. The molecule has 2 rings (SSSR count). The number of methoxy groups -OCH3 is 1. The van der Waals surface area contributed by atoms with Crippen molar-refractivity contribution < 1.29 is 22.7 Å². The first-order valence-corrected chi connectivity index (χ1v) is 9.49. The number of nitrogens with one attached hydrogen (secondary N) is 1. The van der Waals surface area contributed by atoms with Gasteiger partial charge in [0, 0.05) is 20.1 Å². The number of ether oxygens (including phenoxy) is 1. The van der Waals surface area contributed by atoms with Gasteiger partial charge in [-0.3, -0.25) is 4.79 Å². The van der Waals surface area contributed by atoms with Gasteiger partial charge in [0.05, 0.1) is 18.2 Å². The summed E-state index contributed by atoms with van der Waals surface area (Å²) in [7, 11) is 1.55. The number of carbonyl (C=O) groups excluding carboxylic acids is 1. The third kappa shape index (κ3) is 6.50. The van der Waals surface area contributed by atoms with Crippen molar-refractivity contribution in [1.29, 1.82) is 0 Å². The van der Waals surface area contributed by atoms with Crippen LogP contribution in [0, 0.1) is 5.92 Å². The van der Waals surface area contributed by atoms with E-state index in [1.807, 2.05) is 0 Å². The zero-order valence-corrected chi connectivity index (χ0v) is 16.0. The number of benzene rings is 1.